The van der Waals surface area contributed by atoms with Gasteiger partial charge in [0.25, 0.3) is 0 Å². The lowest BCUT2D eigenvalue weighted by Gasteiger charge is -2.06. The van der Waals surface area contributed by atoms with Crippen molar-refractivity contribution in [1.29, 1.82) is 0 Å². The van der Waals surface area contributed by atoms with Crippen molar-refractivity contribution in [1.82, 2.24) is 9.97 Å². The molecule has 70 valence electrons. The number of nitrogen functional groups attached to an aromatic ring is 1. The molecular weight excluding hydrogens is 176 g/mol. The molecule has 0 spiro atoms. The van der Waals surface area contributed by atoms with E-state index in [0.29, 0.717) is 5.82 Å². The van der Waals surface area contributed by atoms with Crippen LogP contribution in [-0.2, 0) is 0 Å². The summed E-state index contributed by atoms with van der Waals surface area (Å²) in [6.07, 6.45) is 5.09. The molecule has 0 radical (unpaired) electrons. The van der Waals surface area contributed by atoms with Gasteiger partial charge < -0.3 is 11.1 Å². The minimum absolute atomic E-state index is 0.490. The maximum Gasteiger partial charge on any atom is 0.147 e. The maximum absolute atomic E-state index is 5.68. The van der Waals surface area contributed by atoms with Crippen molar-refractivity contribution < 1.29 is 0 Å². The molecule has 2 heterocycles. The van der Waals surface area contributed by atoms with E-state index in [1.54, 1.807) is 18.6 Å². The van der Waals surface area contributed by atoms with E-state index in [9.17, 15) is 0 Å². The third-order valence-electron chi connectivity index (χ3n) is 1.80. The number of nitrogens with two attached hydrogens (primary N) is 1. The minimum atomic E-state index is 0.490. The Labute approximate surface area is 81.8 Å². The molecule has 0 aliphatic rings. The molecule has 0 amide bonds. The fourth-order valence-electron chi connectivity index (χ4n) is 1.11. The number of pyridine rings is 2. The van der Waals surface area contributed by atoms with Crippen LogP contribution in [0.15, 0.2) is 42.9 Å². The first-order valence-electron chi connectivity index (χ1n) is 4.24. The molecule has 0 atom stereocenters. The maximum atomic E-state index is 5.68. The van der Waals surface area contributed by atoms with Gasteiger partial charge in [-0.05, 0) is 24.3 Å². The molecule has 2 rings (SSSR count). The minimum Gasteiger partial charge on any atom is -0.382 e. The number of nitrogens with one attached hydrogen (secondary N) is 1. The third-order valence-corrected chi connectivity index (χ3v) is 1.80. The average molecular weight is 186 g/mol. The molecule has 0 saturated carbocycles. The average Bonchev–Trinajstić information content (AvgIpc) is 2.23. The van der Waals surface area contributed by atoms with E-state index in [4.69, 9.17) is 5.73 Å². The second-order valence-electron chi connectivity index (χ2n) is 2.80. The summed E-state index contributed by atoms with van der Waals surface area (Å²) >= 11 is 0. The van der Waals surface area contributed by atoms with Crippen LogP contribution >= 0.6 is 0 Å². The predicted octanol–water partition coefficient (Wildman–Crippen LogP) is 1.80. The Balaban J connectivity index is 2.24. The first-order chi connectivity index (χ1) is 6.86. The molecular formula is C10H10N4. The van der Waals surface area contributed by atoms with Crippen LogP contribution in [0.2, 0.25) is 0 Å². The SMILES string of the molecule is Nc1ncccc1Nc1ccncc1. The van der Waals surface area contributed by atoms with Crippen LogP contribution in [0.3, 0.4) is 0 Å². The number of anilines is 3. The van der Waals surface area contributed by atoms with Gasteiger partial charge in [0, 0.05) is 24.3 Å². The Bertz CT molecular complexity index is 413. The normalized spacial score (nSPS) is 9.71. The number of rotatable bonds is 2. The zero-order chi connectivity index (χ0) is 9.80. The van der Waals surface area contributed by atoms with E-state index in [2.05, 4.69) is 15.3 Å². The molecule has 0 aromatic carbocycles. The summed E-state index contributed by atoms with van der Waals surface area (Å²) < 4.78 is 0. The van der Waals surface area contributed by atoms with Gasteiger partial charge in [0.1, 0.15) is 5.82 Å². The van der Waals surface area contributed by atoms with Crippen molar-refractivity contribution in [2.75, 3.05) is 11.1 Å². The fraction of sp³-hybridized carbons (Fsp3) is 0. The molecule has 4 heteroatoms. The van der Waals surface area contributed by atoms with Crippen molar-refractivity contribution in [3.05, 3.63) is 42.9 Å². The number of hydrogen-bond acceptors (Lipinski definition) is 4. The van der Waals surface area contributed by atoms with Crippen molar-refractivity contribution >= 4 is 17.2 Å². The zero-order valence-electron chi connectivity index (χ0n) is 7.51. The summed E-state index contributed by atoms with van der Waals surface area (Å²) in [4.78, 5) is 7.90. The van der Waals surface area contributed by atoms with Gasteiger partial charge in [-0.1, -0.05) is 0 Å². The van der Waals surface area contributed by atoms with Crippen LogP contribution in [0.25, 0.3) is 0 Å². The summed E-state index contributed by atoms with van der Waals surface area (Å²) in [5.41, 5.74) is 7.43. The van der Waals surface area contributed by atoms with E-state index in [-0.39, 0.29) is 0 Å². The Hall–Kier alpha value is -2.10. The van der Waals surface area contributed by atoms with Crippen molar-refractivity contribution in [2.45, 2.75) is 0 Å². The first kappa shape index (κ1) is 8.50. The topological polar surface area (TPSA) is 63.8 Å². The van der Waals surface area contributed by atoms with E-state index in [1.807, 2.05) is 24.3 Å². The Morgan fingerprint density at radius 2 is 1.86 bits per heavy atom. The highest BCUT2D eigenvalue weighted by Gasteiger charge is 1.97. The summed E-state index contributed by atoms with van der Waals surface area (Å²) in [5, 5.41) is 3.14. The number of hydrogen-bond donors (Lipinski definition) is 2. The quantitative estimate of drug-likeness (QED) is 0.750. The van der Waals surface area contributed by atoms with Gasteiger partial charge in [0.05, 0.1) is 5.69 Å². The number of nitrogens with zero attached hydrogens (tertiary/aromatic N) is 2. The summed E-state index contributed by atoms with van der Waals surface area (Å²) in [5.74, 6) is 0.490. The van der Waals surface area contributed by atoms with E-state index in [1.165, 1.54) is 0 Å². The second kappa shape index (κ2) is 3.74. The van der Waals surface area contributed by atoms with Gasteiger partial charge in [-0.15, -0.1) is 0 Å². The van der Waals surface area contributed by atoms with E-state index in [0.717, 1.165) is 11.4 Å². The van der Waals surface area contributed by atoms with Crippen LogP contribution in [0.4, 0.5) is 17.2 Å². The molecule has 4 nitrogen and oxygen atoms in total. The molecule has 0 saturated heterocycles. The highest BCUT2D eigenvalue weighted by atomic mass is 15.0. The van der Waals surface area contributed by atoms with Crippen molar-refractivity contribution in [3.63, 3.8) is 0 Å². The fourth-order valence-corrected chi connectivity index (χ4v) is 1.11. The van der Waals surface area contributed by atoms with Gasteiger partial charge in [0.2, 0.25) is 0 Å². The van der Waals surface area contributed by atoms with Crippen molar-refractivity contribution in [3.8, 4) is 0 Å². The van der Waals surface area contributed by atoms with E-state index >= 15 is 0 Å². The molecule has 2 aromatic rings. The van der Waals surface area contributed by atoms with Crippen molar-refractivity contribution in [2.24, 2.45) is 0 Å². The Morgan fingerprint density at radius 1 is 1.07 bits per heavy atom. The third kappa shape index (κ3) is 1.80. The summed E-state index contributed by atoms with van der Waals surface area (Å²) in [6.45, 7) is 0. The highest BCUT2D eigenvalue weighted by molar-refractivity contribution is 5.68. The van der Waals surface area contributed by atoms with Gasteiger partial charge >= 0.3 is 0 Å². The van der Waals surface area contributed by atoms with Crippen LogP contribution < -0.4 is 11.1 Å². The monoisotopic (exact) mass is 186 g/mol. The lowest BCUT2D eigenvalue weighted by atomic mass is 10.3. The van der Waals surface area contributed by atoms with Gasteiger partial charge in [0.15, 0.2) is 0 Å². The zero-order valence-corrected chi connectivity index (χ0v) is 7.51. The summed E-state index contributed by atoms with van der Waals surface area (Å²) in [6, 6.07) is 7.45. The van der Waals surface area contributed by atoms with Gasteiger partial charge in [-0.3, -0.25) is 4.98 Å². The Morgan fingerprint density at radius 3 is 2.57 bits per heavy atom. The molecule has 0 unspecified atom stereocenters. The lowest BCUT2D eigenvalue weighted by Crippen LogP contribution is -1.97. The van der Waals surface area contributed by atoms with Crippen LogP contribution in [0, 0.1) is 0 Å². The van der Waals surface area contributed by atoms with Crippen LogP contribution in [-0.4, -0.2) is 9.97 Å². The second-order valence-corrected chi connectivity index (χ2v) is 2.80. The van der Waals surface area contributed by atoms with Crippen LogP contribution in [0.5, 0.6) is 0 Å². The molecule has 0 fully saturated rings. The number of aromatic nitrogens is 2. The predicted molar refractivity (Wildman–Crippen MR) is 56.2 cm³/mol. The molecule has 2 aromatic heterocycles. The molecule has 0 aliphatic heterocycles. The molecule has 3 N–H and O–H groups in total. The summed E-state index contributed by atoms with van der Waals surface area (Å²) in [7, 11) is 0. The smallest absolute Gasteiger partial charge is 0.147 e. The largest absolute Gasteiger partial charge is 0.382 e. The lowest BCUT2D eigenvalue weighted by molar-refractivity contribution is 1.31. The highest BCUT2D eigenvalue weighted by Crippen LogP contribution is 2.19. The first-order valence-corrected chi connectivity index (χ1v) is 4.24. The standard InChI is InChI=1S/C10H10N4/c11-10-9(2-1-5-13-10)14-8-3-6-12-7-4-8/h1-7H,(H2,11,13)(H,12,14). The molecule has 14 heavy (non-hydrogen) atoms. The Kier molecular flexibility index (Phi) is 2.27. The van der Waals surface area contributed by atoms with Gasteiger partial charge in [-0.25, -0.2) is 4.98 Å². The van der Waals surface area contributed by atoms with Crippen LogP contribution in [0.1, 0.15) is 0 Å². The molecule has 0 aliphatic carbocycles. The van der Waals surface area contributed by atoms with Gasteiger partial charge in [-0.2, -0.15) is 0 Å². The molecule has 0 bridgehead atoms. The van der Waals surface area contributed by atoms with E-state index < -0.39 is 0 Å².